The molecule has 0 atom stereocenters. The highest BCUT2D eigenvalue weighted by Gasteiger charge is 2.43. The zero-order valence-electron chi connectivity index (χ0n) is 10.4. The van der Waals surface area contributed by atoms with Crippen molar-refractivity contribution < 1.29 is 4.42 Å². The van der Waals surface area contributed by atoms with Gasteiger partial charge in [0.2, 0.25) is 0 Å². The summed E-state index contributed by atoms with van der Waals surface area (Å²) in [6.07, 6.45) is 2.39. The zero-order chi connectivity index (χ0) is 12.0. The molecule has 2 N–H and O–H groups in total. The number of fused-ring (bicyclic) bond motifs is 1. The lowest BCUT2D eigenvalue weighted by molar-refractivity contribution is 0.501. The molecule has 3 heteroatoms. The van der Waals surface area contributed by atoms with E-state index < -0.39 is 0 Å². The first-order valence-corrected chi connectivity index (χ1v) is 6.26. The van der Waals surface area contributed by atoms with Crippen LogP contribution in [0.15, 0.2) is 22.6 Å². The van der Waals surface area contributed by atoms with Gasteiger partial charge in [0.15, 0.2) is 11.5 Å². The molecule has 1 heterocycles. The summed E-state index contributed by atoms with van der Waals surface area (Å²) in [5, 5.41) is 0. The minimum Gasteiger partial charge on any atom is -0.440 e. The van der Waals surface area contributed by atoms with E-state index in [2.05, 4.69) is 37.0 Å². The van der Waals surface area contributed by atoms with Crippen molar-refractivity contribution in [2.45, 2.75) is 38.0 Å². The van der Waals surface area contributed by atoms with E-state index in [0.29, 0.717) is 5.92 Å². The summed E-state index contributed by atoms with van der Waals surface area (Å²) in [5.74, 6) is 1.14. The fourth-order valence-electron chi connectivity index (χ4n) is 2.28. The van der Waals surface area contributed by atoms with E-state index in [1.165, 1.54) is 18.4 Å². The number of nitrogens with two attached hydrogens (primary N) is 1. The number of benzene rings is 1. The minimum absolute atomic E-state index is 0.221. The molecule has 0 amide bonds. The second kappa shape index (κ2) is 3.57. The lowest BCUT2D eigenvalue weighted by atomic mass is 9.96. The molecule has 0 aliphatic heterocycles. The Labute approximate surface area is 101 Å². The molecule has 1 aromatic heterocycles. The zero-order valence-corrected chi connectivity index (χ0v) is 10.4. The van der Waals surface area contributed by atoms with Gasteiger partial charge >= 0.3 is 0 Å². The molecular formula is C14H18N2O. The summed E-state index contributed by atoms with van der Waals surface area (Å²) >= 11 is 0. The summed E-state index contributed by atoms with van der Waals surface area (Å²) in [6, 6.07) is 6.32. The maximum absolute atomic E-state index is 5.85. The van der Waals surface area contributed by atoms with Gasteiger partial charge in [-0.25, -0.2) is 4.98 Å². The Balaban J connectivity index is 2.07. The van der Waals surface area contributed by atoms with Crippen molar-refractivity contribution >= 4 is 11.1 Å². The van der Waals surface area contributed by atoms with Crippen molar-refractivity contribution in [3.8, 4) is 0 Å². The third-order valence-electron chi connectivity index (χ3n) is 3.76. The molecule has 0 unspecified atom stereocenters. The van der Waals surface area contributed by atoms with Crippen molar-refractivity contribution in [1.29, 1.82) is 0 Å². The average molecular weight is 230 g/mol. The highest BCUT2D eigenvalue weighted by atomic mass is 16.3. The number of rotatable bonds is 3. The van der Waals surface area contributed by atoms with E-state index >= 15 is 0 Å². The molecule has 1 aromatic carbocycles. The molecule has 3 rings (SSSR count). The van der Waals surface area contributed by atoms with E-state index in [0.717, 1.165) is 23.5 Å². The van der Waals surface area contributed by atoms with E-state index in [1.54, 1.807) is 0 Å². The predicted molar refractivity (Wildman–Crippen MR) is 68.1 cm³/mol. The smallest absolute Gasteiger partial charge is 0.198 e. The predicted octanol–water partition coefficient (Wildman–Crippen LogP) is 2.94. The molecule has 90 valence electrons. The van der Waals surface area contributed by atoms with Crippen LogP contribution in [0.1, 0.15) is 44.1 Å². The van der Waals surface area contributed by atoms with Crippen LogP contribution >= 0.6 is 0 Å². The number of aromatic nitrogens is 1. The van der Waals surface area contributed by atoms with Crippen LogP contribution in [0.5, 0.6) is 0 Å². The highest BCUT2D eigenvalue weighted by molar-refractivity contribution is 5.74. The second-order valence-corrected chi connectivity index (χ2v) is 5.37. The fraction of sp³-hybridized carbons (Fsp3) is 0.500. The Hall–Kier alpha value is -1.35. The molecule has 2 aromatic rings. The maximum Gasteiger partial charge on any atom is 0.198 e. The Bertz CT molecular complexity index is 552. The van der Waals surface area contributed by atoms with Gasteiger partial charge in [-0.05, 0) is 30.5 Å². The van der Waals surface area contributed by atoms with Gasteiger partial charge in [0.05, 0.1) is 0 Å². The highest BCUT2D eigenvalue weighted by Crippen LogP contribution is 2.47. The van der Waals surface area contributed by atoms with Crippen molar-refractivity contribution in [3.05, 3.63) is 29.7 Å². The van der Waals surface area contributed by atoms with E-state index in [-0.39, 0.29) is 5.41 Å². The van der Waals surface area contributed by atoms with Crippen molar-refractivity contribution in [3.63, 3.8) is 0 Å². The Kier molecular flexibility index (Phi) is 2.26. The third kappa shape index (κ3) is 1.65. The number of hydrogen-bond acceptors (Lipinski definition) is 3. The molecule has 0 saturated heterocycles. The van der Waals surface area contributed by atoms with Crippen LogP contribution in [0.4, 0.5) is 0 Å². The lowest BCUT2D eigenvalue weighted by Gasteiger charge is -2.11. The SMILES string of the molecule is CC(C)c1nc2ccc(C3(CN)CC3)cc2o1. The van der Waals surface area contributed by atoms with Crippen LogP contribution in [-0.4, -0.2) is 11.5 Å². The minimum atomic E-state index is 0.221. The molecule has 1 saturated carbocycles. The first-order chi connectivity index (χ1) is 8.14. The number of oxazole rings is 1. The monoisotopic (exact) mass is 230 g/mol. The van der Waals surface area contributed by atoms with Crippen LogP contribution in [0.3, 0.4) is 0 Å². The first kappa shape index (κ1) is 10.8. The summed E-state index contributed by atoms with van der Waals surface area (Å²) in [6.45, 7) is 4.91. The molecule has 1 fully saturated rings. The third-order valence-corrected chi connectivity index (χ3v) is 3.76. The largest absolute Gasteiger partial charge is 0.440 e. The average Bonchev–Trinajstić information content (AvgIpc) is 3.00. The van der Waals surface area contributed by atoms with E-state index in [4.69, 9.17) is 10.2 Å². The molecule has 0 spiro atoms. The summed E-state index contributed by atoms with van der Waals surface area (Å²) < 4.78 is 5.79. The van der Waals surface area contributed by atoms with Gasteiger partial charge in [-0.1, -0.05) is 19.9 Å². The standard InChI is InChI=1S/C14H18N2O/c1-9(2)13-16-11-4-3-10(7-12(11)17-13)14(8-15)5-6-14/h3-4,7,9H,5-6,8,15H2,1-2H3. The molecule has 1 aliphatic carbocycles. The Morgan fingerprint density at radius 1 is 1.41 bits per heavy atom. The van der Waals surface area contributed by atoms with Crippen LogP contribution in [-0.2, 0) is 5.41 Å². The Morgan fingerprint density at radius 3 is 2.76 bits per heavy atom. The number of nitrogens with zero attached hydrogens (tertiary/aromatic N) is 1. The Morgan fingerprint density at radius 2 is 2.18 bits per heavy atom. The van der Waals surface area contributed by atoms with E-state index in [9.17, 15) is 0 Å². The van der Waals surface area contributed by atoms with Gasteiger partial charge in [0.1, 0.15) is 5.52 Å². The van der Waals surface area contributed by atoms with Gasteiger partial charge in [0.25, 0.3) is 0 Å². The van der Waals surface area contributed by atoms with Crippen LogP contribution < -0.4 is 5.73 Å². The lowest BCUT2D eigenvalue weighted by Crippen LogP contribution is -2.19. The van der Waals surface area contributed by atoms with Crippen molar-refractivity contribution in [2.24, 2.45) is 5.73 Å². The normalized spacial score (nSPS) is 17.9. The van der Waals surface area contributed by atoms with E-state index in [1.807, 2.05) is 0 Å². The summed E-state index contributed by atoms with van der Waals surface area (Å²) in [7, 11) is 0. The molecule has 1 aliphatic rings. The van der Waals surface area contributed by atoms with Crippen molar-refractivity contribution in [2.75, 3.05) is 6.54 Å². The summed E-state index contributed by atoms with van der Waals surface area (Å²) in [4.78, 5) is 4.48. The van der Waals surface area contributed by atoms with Gasteiger partial charge < -0.3 is 10.2 Å². The number of hydrogen-bond donors (Lipinski definition) is 1. The molecule has 3 nitrogen and oxygen atoms in total. The first-order valence-electron chi connectivity index (χ1n) is 6.26. The van der Waals surface area contributed by atoms with Crippen LogP contribution in [0.25, 0.3) is 11.1 Å². The second-order valence-electron chi connectivity index (χ2n) is 5.37. The molecular weight excluding hydrogens is 212 g/mol. The van der Waals surface area contributed by atoms with Gasteiger partial charge in [0, 0.05) is 17.9 Å². The summed E-state index contributed by atoms with van der Waals surface area (Å²) in [5.41, 5.74) is 9.22. The van der Waals surface area contributed by atoms with Crippen LogP contribution in [0, 0.1) is 0 Å². The molecule has 0 bridgehead atoms. The maximum atomic E-state index is 5.85. The van der Waals surface area contributed by atoms with Crippen LogP contribution in [0.2, 0.25) is 0 Å². The topological polar surface area (TPSA) is 52.0 Å². The van der Waals surface area contributed by atoms with Crippen molar-refractivity contribution in [1.82, 2.24) is 4.98 Å². The van der Waals surface area contributed by atoms with Gasteiger partial charge in [-0.15, -0.1) is 0 Å². The molecule has 0 radical (unpaired) electrons. The quantitative estimate of drug-likeness (QED) is 0.882. The van der Waals surface area contributed by atoms with Gasteiger partial charge in [-0.3, -0.25) is 0 Å². The fourth-order valence-corrected chi connectivity index (χ4v) is 2.28. The van der Waals surface area contributed by atoms with Gasteiger partial charge in [-0.2, -0.15) is 0 Å². The molecule has 17 heavy (non-hydrogen) atoms.